The van der Waals surface area contributed by atoms with Gasteiger partial charge >= 0.3 is 18.2 Å². The van der Waals surface area contributed by atoms with E-state index in [0.29, 0.717) is 61.4 Å². The van der Waals surface area contributed by atoms with Gasteiger partial charge in [-0.1, -0.05) is 31.0 Å². The molecule has 5 amide bonds. The lowest BCUT2D eigenvalue weighted by molar-refractivity contribution is -0.119. The lowest BCUT2D eigenvalue weighted by Gasteiger charge is -2.45. The third-order valence-corrected chi connectivity index (χ3v) is 8.97. The molecule has 3 aliphatic heterocycles. The van der Waals surface area contributed by atoms with Crippen molar-refractivity contribution in [2.75, 3.05) is 36.1 Å². The van der Waals surface area contributed by atoms with Crippen LogP contribution in [0.1, 0.15) is 61.9 Å². The van der Waals surface area contributed by atoms with Gasteiger partial charge in [0.1, 0.15) is 0 Å². The van der Waals surface area contributed by atoms with Crippen LogP contribution < -0.4 is 21.3 Å². The van der Waals surface area contributed by atoms with Gasteiger partial charge in [-0.15, -0.1) is 0 Å². The standard InChI is InChI=1S/C34H38N6O6/c1-20-8-11-26-25(16-20)34(46-33(44)39-26)13-5-15-40(19-34)31(42)38-27-7-4-6-21(2)30(41)37-28-18-23(36-32(43)45-3)9-10-24(28)22-12-14-35-29(27)17-22/h8-12,14,16-18,21,27H,4-7,13,15,19H2,1-3H3,(H,36,43)(H,37,41)(H,38,42)(H,39,44)/t21-,27+,34+/m1/s1. The van der Waals surface area contributed by atoms with Gasteiger partial charge in [-0.2, -0.15) is 0 Å². The number of aromatic nitrogens is 1. The highest BCUT2D eigenvalue weighted by Gasteiger charge is 2.46. The summed E-state index contributed by atoms with van der Waals surface area (Å²) in [6.45, 7) is 4.61. The number of methoxy groups -OCH3 is 1. The Labute approximate surface area is 267 Å². The maximum absolute atomic E-state index is 13.9. The summed E-state index contributed by atoms with van der Waals surface area (Å²) in [7, 11) is 1.28. The van der Waals surface area contributed by atoms with Crippen molar-refractivity contribution in [3.63, 3.8) is 0 Å². The molecule has 1 spiro atoms. The van der Waals surface area contributed by atoms with E-state index in [4.69, 9.17) is 9.47 Å². The topological polar surface area (TPSA) is 151 Å². The number of hydrogen-bond donors (Lipinski definition) is 4. The minimum Gasteiger partial charge on any atom is -0.453 e. The molecule has 1 aromatic heterocycles. The first kappa shape index (κ1) is 30.9. The van der Waals surface area contributed by atoms with Crippen LogP contribution in [0.2, 0.25) is 0 Å². The fraction of sp³-hybridized carbons (Fsp3) is 0.382. The fourth-order valence-electron chi connectivity index (χ4n) is 6.51. The van der Waals surface area contributed by atoms with E-state index in [2.05, 4.69) is 26.3 Å². The van der Waals surface area contributed by atoms with Crippen LogP contribution in [0.5, 0.6) is 0 Å². The summed E-state index contributed by atoms with van der Waals surface area (Å²) in [5, 5.41) is 11.7. The summed E-state index contributed by atoms with van der Waals surface area (Å²) in [5.74, 6) is -0.440. The number of anilines is 3. The molecule has 4 heterocycles. The van der Waals surface area contributed by atoms with E-state index in [1.54, 1.807) is 23.2 Å². The smallest absolute Gasteiger partial charge is 0.412 e. The van der Waals surface area contributed by atoms with Crippen LogP contribution >= 0.6 is 0 Å². The number of pyridine rings is 1. The second kappa shape index (κ2) is 12.7. The van der Waals surface area contributed by atoms with Crippen LogP contribution in [0.15, 0.2) is 54.7 Å². The molecule has 4 N–H and O–H groups in total. The zero-order valence-corrected chi connectivity index (χ0v) is 26.1. The summed E-state index contributed by atoms with van der Waals surface area (Å²) in [6.07, 6.45) is 3.68. The summed E-state index contributed by atoms with van der Waals surface area (Å²) < 4.78 is 10.7. The molecular weight excluding hydrogens is 588 g/mol. The van der Waals surface area contributed by atoms with Crippen LogP contribution in [0, 0.1) is 12.8 Å². The lowest BCUT2D eigenvalue weighted by atomic mass is 9.83. The average Bonchev–Trinajstić information content (AvgIpc) is 3.04. The van der Waals surface area contributed by atoms with Gasteiger partial charge in [0.2, 0.25) is 5.91 Å². The number of carbonyl (C=O) groups excluding carboxylic acids is 4. The Balaban J connectivity index is 1.28. The normalized spacial score (nSPS) is 22.5. The maximum atomic E-state index is 13.9. The number of nitrogens with one attached hydrogen (secondary N) is 4. The van der Waals surface area contributed by atoms with Crippen molar-refractivity contribution in [3.8, 4) is 11.1 Å². The minimum absolute atomic E-state index is 0.141. The summed E-state index contributed by atoms with van der Waals surface area (Å²) in [6, 6.07) is 14.2. The molecule has 12 nitrogen and oxygen atoms in total. The van der Waals surface area contributed by atoms with Gasteiger partial charge < -0.3 is 25.0 Å². The molecule has 1 saturated heterocycles. The zero-order chi connectivity index (χ0) is 32.4. The SMILES string of the molecule is COC(=O)Nc1ccc2c(c1)NC(=O)[C@H](C)CCC[C@H](NC(=O)N1CCC[C@@]3(C1)OC(=O)Nc1ccc(C)cc13)c1cc-2ccn1. The molecule has 12 heteroatoms. The number of nitrogens with zero attached hydrogens (tertiary/aromatic N) is 2. The van der Waals surface area contributed by atoms with Crippen LogP contribution in [-0.4, -0.2) is 54.2 Å². The fourth-order valence-corrected chi connectivity index (χ4v) is 6.51. The van der Waals surface area contributed by atoms with Gasteiger partial charge in [0.05, 0.1) is 36.8 Å². The highest BCUT2D eigenvalue weighted by atomic mass is 16.6. The molecule has 240 valence electrons. The molecule has 2 aromatic carbocycles. The number of amides is 5. The number of hydrogen-bond acceptors (Lipinski definition) is 7. The number of ether oxygens (including phenoxy) is 2. The average molecular weight is 627 g/mol. The van der Waals surface area contributed by atoms with Gasteiger partial charge in [0.15, 0.2) is 5.60 Å². The molecule has 46 heavy (non-hydrogen) atoms. The number of urea groups is 1. The number of carbonyl (C=O) groups is 4. The second-order valence-electron chi connectivity index (χ2n) is 12.3. The van der Waals surface area contributed by atoms with Gasteiger partial charge in [0, 0.05) is 35.5 Å². The van der Waals surface area contributed by atoms with Crippen molar-refractivity contribution in [1.82, 2.24) is 15.2 Å². The lowest BCUT2D eigenvalue weighted by Crippen LogP contribution is -2.55. The van der Waals surface area contributed by atoms with Crippen molar-refractivity contribution < 1.29 is 28.7 Å². The summed E-state index contributed by atoms with van der Waals surface area (Å²) >= 11 is 0. The largest absolute Gasteiger partial charge is 0.453 e. The minimum atomic E-state index is -0.933. The number of fused-ring (bicyclic) bond motifs is 6. The number of likely N-dealkylation sites (tertiary alicyclic amines) is 1. The molecule has 3 aromatic rings. The van der Waals surface area contributed by atoms with E-state index in [-0.39, 0.29) is 24.4 Å². The van der Waals surface area contributed by atoms with E-state index in [9.17, 15) is 19.2 Å². The molecular formula is C34H38N6O6. The van der Waals surface area contributed by atoms with Gasteiger partial charge in [-0.05, 0) is 74.6 Å². The third kappa shape index (κ3) is 6.33. The first-order valence-electron chi connectivity index (χ1n) is 15.6. The summed E-state index contributed by atoms with van der Waals surface area (Å²) in [5.41, 5.74) is 4.92. The molecule has 3 aliphatic rings. The van der Waals surface area contributed by atoms with Crippen LogP contribution in [0.3, 0.4) is 0 Å². The Hall–Kier alpha value is -5.13. The van der Waals surface area contributed by atoms with Crippen molar-refractivity contribution >= 4 is 41.2 Å². The quantitative estimate of drug-likeness (QED) is 0.261. The Bertz CT molecular complexity index is 1690. The van der Waals surface area contributed by atoms with E-state index >= 15 is 0 Å². The van der Waals surface area contributed by atoms with Crippen molar-refractivity contribution in [3.05, 3.63) is 71.5 Å². The molecule has 0 aliphatic carbocycles. The van der Waals surface area contributed by atoms with Crippen molar-refractivity contribution in [2.45, 2.75) is 57.6 Å². The maximum Gasteiger partial charge on any atom is 0.412 e. The van der Waals surface area contributed by atoms with E-state index in [1.165, 1.54) is 7.11 Å². The predicted octanol–water partition coefficient (Wildman–Crippen LogP) is 6.30. The Kier molecular flexibility index (Phi) is 8.53. The van der Waals surface area contributed by atoms with Crippen LogP contribution in [-0.2, 0) is 19.9 Å². The second-order valence-corrected chi connectivity index (χ2v) is 12.3. The molecule has 0 saturated carbocycles. The molecule has 2 bridgehead atoms. The van der Waals surface area contributed by atoms with Gasteiger partial charge in [0.25, 0.3) is 0 Å². The highest BCUT2D eigenvalue weighted by molar-refractivity contribution is 5.98. The monoisotopic (exact) mass is 626 g/mol. The van der Waals surface area contributed by atoms with Crippen molar-refractivity contribution in [2.24, 2.45) is 5.92 Å². The number of benzene rings is 2. The van der Waals surface area contributed by atoms with Gasteiger partial charge in [-0.3, -0.25) is 20.4 Å². The molecule has 0 unspecified atom stereocenters. The van der Waals surface area contributed by atoms with Crippen LogP contribution in [0.4, 0.5) is 31.4 Å². The van der Waals surface area contributed by atoms with Crippen LogP contribution in [0.25, 0.3) is 11.1 Å². The van der Waals surface area contributed by atoms with E-state index < -0.39 is 23.8 Å². The number of piperidine rings is 1. The predicted molar refractivity (Wildman–Crippen MR) is 172 cm³/mol. The van der Waals surface area contributed by atoms with E-state index in [0.717, 1.165) is 22.3 Å². The highest BCUT2D eigenvalue weighted by Crippen LogP contribution is 2.43. The molecule has 1 fully saturated rings. The zero-order valence-electron chi connectivity index (χ0n) is 26.1. The Morgan fingerprint density at radius 3 is 2.72 bits per heavy atom. The molecule has 0 radical (unpaired) electrons. The van der Waals surface area contributed by atoms with E-state index in [1.807, 2.05) is 50.2 Å². The van der Waals surface area contributed by atoms with Gasteiger partial charge in [-0.25, -0.2) is 14.4 Å². The molecule has 3 atom stereocenters. The molecule has 6 rings (SSSR count). The summed E-state index contributed by atoms with van der Waals surface area (Å²) in [4.78, 5) is 57.9. The first-order valence-corrected chi connectivity index (χ1v) is 15.6. The van der Waals surface area contributed by atoms with Crippen molar-refractivity contribution in [1.29, 1.82) is 0 Å². The first-order chi connectivity index (χ1) is 22.1. The Morgan fingerprint density at radius 1 is 1.04 bits per heavy atom. The Morgan fingerprint density at radius 2 is 1.89 bits per heavy atom. The third-order valence-electron chi connectivity index (χ3n) is 8.97. The number of aryl methyl sites for hydroxylation is 1. The number of rotatable bonds is 2.